The predicted molar refractivity (Wildman–Crippen MR) is 100.0 cm³/mol. The Morgan fingerprint density at radius 1 is 1.12 bits per heavy atom. The molecule has 0 aromatic heterocycles. The molecule has 0 spiro atoms. The van der Waals surface area contributed by atoms with Crippen LogP contribution in [0.3, 0.4) is 0 Å². The summed E-state index contributed by atoms with van der Waals surface area (Å²) in [6, 6.07) is 11.1. The van der Waals surface area contributed by atoms with E-state index in [0.29, 0.717) is 34.3 Å². The van der Waals surface area contributed by atoms with Crippen molar-refractivity contribution in [3.05, 3.63) is 63.6 Å². The van der Waals surface area contributed by atoms with Gasteiger partial charge in [0.25, 0.3) is 0 Å². The van der Waals surface area contributed by atoms with Gasteiger partial charge in [0.15, 0.2) is 0 Å². The zero-order valence-electron chi connectivity index (χ0n) is 12.5. The Morgan fingerprint density at radius 3 is 2.38 bits per heavy atom. The van der Waals surface area contributed by atoms with Gasteiger partial charge in [0.05, 0.1) is 5.69 Å². The molecule has 24 heavy (non-hydrogen) atoms. The van der Waals surface area contributed by atoms with Crippen molar-refractivity contribution in [2.24, 2.45) is 5.73 Å². The number of nitrogens with two attached hydrogens (primary N) is 1. The summed E-state index contributed by atoms with van der Waals surface area (Å²) >= 11 is 16.1. The fourth-order valence-electron chi connectivity index (χ4n) is 1.99. The molecule has 0 atom stereocenters. The van der Waals surface area contributed by atoms with Gasteiger partial charge in [0.1, 0.15) is 0 Å². The van der Waals surface area contributed by atoms with E-state index >= 15 is 0 Å². The van der Waals surface area contributed by atoms with E-state index in [9.17, 15) is 9.59 Å². The van der Waals surface area contributed by atoms with Gasteiger partial charge in [-0.05, 0) is 48.4 Å². The van der Waals surface area contributed by atoms with Crippen molar-refractivity contribution in [3.8, 4) is 0 Å². The third kappa shape index (κ3) is 4.80. The number of hydrogen-bond donors (Lipinski definition) is 3. The monoisotopic (exact) mass is 383 g/mol. The second-order valence-electron chi connectivity index (χ2n) is 4.94. The van der Waals surface area contributed by atoms with Gasteiger partial charge in [-0.2, -0.15) is 0 Å². The molecule has 0 bridgehead atoms. The van der Waals surface area contributed by atoms with E-state index in [1.807, 2.05) is 6.07 Å². The fraction of sp³-hybridized carbons (Fsp3) is 0.125. The molecule has 0 aliphatic heterocycles. The summed E-state index contributed by atoms with van der Waals surface area (Å²) < 4.78 is 1.15. The minimum atomic E-state index is -0.531. The Bertz CT molecular complexity index is 753. The molecule has 5 nitrogen and oxygen atoms in total. The minimum Gasteiger partial charge on any atom is -0.366 e. The van der Waals surface area contributed by atoms with E-state index in [-0.39, 0.29) is 0 Å². The van der Waals surface area contributed by atoms with Gasteiger partial charge in [0, 0.05) is 22.2 Å². The third-order valence-electron chi connectivity index (χ3n) is 3.27. The van der Waals surface area contributed by atoms with Crippen LogP contribution in [0.1, 0.15) is 15.9 Å². The van der Waals surface area contributed by atoms with E-state index < -0.39 is 11.9 Å². The Kier molecular flexibility index (Phi) is 6.36. The van der Waals surface area contributed by atoms with Crippen LogP contribution in [0.25, 0.3) is 0 Å². The lowest BCUT2D eigenvalue weighted by Gasteiger charge is -2.17. The number of thiol groups is 1. The van der Waals surface area contributed by atoms with Gasteiger partial charge >= 0.3 is 6.03 Å². The average Bonchev–Trinajstić information content (AvgIpc) is 2.56. The zero-order valence-corrected chi connectivity index (χ0v) is 14.9. The van der Waals surface area contributed by atoms with Crippen LogP contribution in [-0.4, -0.2) is 18.5 Å². The van der Waals surface area contributed by atoms with Gasteiger partial charge in [-0.25, -0.2) is 9.10 Å². The molecule has 2 aromatic rings. The fourth-order valence-corrected chi connectivity index (χ4v) is 2.69. The maximum atomic E-state index is 12.1. The molecular weight excluding hydrogens is 369 g/mol. The van der Waals surface area contributed by atoms with Gasteiger partial charge in [-0.15, -0.1) is 0 Å². The Balaban J connectivity index is 1.90. The molecule has 2 rings (SSSR count). The van der Waals surface area contributed by atoms with E-state index in [1.165, 1.54) is 12.1 Å². The highest BCUT2D eigenvalue weighted by molar-refractivity contribution is 7.82. The van der Waals surface area contributed by atoms with Crippen LogP contribution in [0, 0.1) is 0 Å². The summed E-state index contributed by atoms with van der Waals surface area (Å²) in [4.78, 5) is 23.1. The molecule has 3 amide bonds. The van der Waals surface area contributed by atoms with Crippen molar-refractivity contribution < 1.29 is 9.59 Å². The van der Waals surface area contributed by atoms with E-state index in [4.69, 9.17) is 28.9 Å². The van der Waals surface area contributed by atoms with Gasteiger partial charge in [-0.1, -0.05) is 42.1 Å². The second-order valence-corrected chi connectivity index (χ2v) is 6.18. The maximum Gasteiger partial charge on any atom is 0.331 e. The maximum absolute atomic E-state index is 12.1. The largest absolute Gasteiger partial charge is 0.366 e. The molecule has 0 unspecified atom stereocenters. The van der Waals surface area contributed by atoms with Crippen molar-refractivity contribution in [1.29, 1.82) is 0 Å². The number of anilines is 1. The first kappa shape index (κ1) is 18.4. The van der Waals surface area contributed by atoms with Crippen molar-refractivity contribution in [1.82, 2.24) is 5.32 Å². The number of amides is 3. The topological polar surface area (TPSA) is 75.4 Å². The Labute approximate surface area is 155 Å². The molecule has 0 aliphatic carbocycles. The lowest BCUT2D eigenvalue weighted by molar-refractivity contribution is 0.100. The number of carbonyl (C=O) groups is 2. The molecule has 0 saturated carbocycles. The van der Waals surface area contributed by atoms with Crippen molar-refractivity contribution in [2.45, 2.75) is 6.42 Å². The SMILES string of the molecule is NC(=O)c1ccc(N(S)C(=O)NCCc2ccc(Cl)cc2Cl)cc1. The Morgan fingerprint density at radius 2 is 1.79 bits per heavy atom. The summed E-state index contributed by atoms with van der Waals surface area (Å²) in [5, 5.41) is 3.86. The lowest BCUT2D eigenvalue weighted by atomic mass is 10.1. The standard InChI is InChI=1S/C16H15Cl2N3O2S/c17-12-4-1-10(14(18)9-12)7-8-20-16(23)21(24)13-5-2-11(3-6-13)15(19)22/h1-6,9,24H,7-8H2,(H2,19,22)(H,20,23). The van der Waals surface area contributed by atoms with E-state index in [2.05, 4.69) is 18.1 Å². The van der Waals surface area contributed by atoms with E-state index in [1.54, 1.807) is 24.3 Å². The lowest BCUT2D eigenvalue weighted by Crippen LogP contribution is -2.35. The minimum absolute atomic E-state index is 0.360. The van der Waals surface area contributed by atoms with Crippen LogP contribution >= 0.6 is 36.0 Å². The molecule has 0 saturated heterocycles. The molecule has 0 heterocycles. The van der Waals surface area contributed by atoms with Crippen LogP contribution in [0.5, 0.6) is 0 Å². The highest BCUT2D eigenvalue weighted by Crippen LogP contribution is 2.21. The zero-order chi connectivity index (χ0) is 17.7. The number of halogens is 2. The third-order valence-corrected chi connectivity index (χ3v) is 4.27. The molecule has 0 radical (unpaired) electrons. The molecule has 3 N–H and O–H groups in total. The van der Waals surface area contributed by atoms with Crippen molar-refractivity contribution >= 4 is 53.6 Å². The van der Waals surface area contributed by atoms with Crippen molar-refractivity contribution in [2.75, 3.05) is 10.8 Å². The summed E-state index contributed by atoms with van der Waals surface area (Å²) in [5.74, 6) is -0.531. The second kappa shape index (κ2) is 8.28. The number of benzene rings is 2. The summed E-state index contributed by atoms with van der Waals surface area (Å²) in [5.41, 5.74) is 6.94. The van der Waals surface area contributed by atoms with Crippen LogP contribution in [-0.2, 0) is 6.42 Å². The number of nitrogens with zero attached hydrogens (tertiary/aromatic N) is 1. The highest BCUT2D eigenvalue weighted by Gasteiger charge is 2.12. The number of primary amides is 1. The normalized spacial score (nSPS) is 10.3. The first-order chi connectivity index (χ1) is 11.4. The Hall–Kier alpha value is -1.89. The summed E-state index contributed by atoms with van der Waals surface area (Å²) in [7, 11) is 0. The number of hydrogen-bond acceptors (Lipinski definition) is 3. The molecule has 2 aromatic carbocycles. The first-order valence-corrected chi connectivity index (χ1v) is 8.14. The molecule has 8 heteroatoms. The summed E-state index contributed by atoms with van der Waals surface area (Å²) in [6.45, 7) is 0.386. The van der Waals surface area contributed by atoms with Crippen LogP contribution in [0.4, 0.5) is 10.5 Å². The number of nitrogens with one attached hydrogen (secondary N) is 1. The number of rotatable bonds is 5. The number of carbonyl (C=O) groups excluding carboxylic acids is 2. The predicted octanol–water partition coefficient (Wildman–Crippen LogP) is 3.70. The van der Waals surface area contributed by atoms with Crippen LogP contribution in [0.2, 0.25) is 10.0 Å². The summed E-state index contributed by atoms with van der Waals surface area (Å²) in [6.07, 6.45) is 0.559. The number of urea groups is 1. The van der Waals surface area contributed by atoms with Crippen LogP contribution in [0.15, 0.2) is 42.5 Å². The molecular formula is C16H15Cl2N3O2S. The molecule has 0 aliphatic rings. The average molecular weight is 384 g/mol. The van der Waals surface area contributed by atoms with Gasteiger partial charge in [0.2, 0.25) is 5.91 Å². The van der Waals surface area contributed by atoms with Crippen LogP contribution < -0.4 is 15.4 Å². The van der Waals surface area contributed by atoms with E-state index in [0.717, 1.165) is 9.87 Å². The van der Waals surface area contributed by atoms with Gasteiger partial charge in [-0.3, -0.25) is 4.79 Å². The van der Waals surface area contributed by atoms with Crippen molar-refractivity contribution in [3.63, 3.8) is 0 Å². The smallest absolute Gasteiger partial charge is 0.331 e. The van der Waals surface area contributed by atoms with Gasteiger partial charge < -0.3 is 11.1 Å². The molecule has 126 valence electrons. The molecule has 0 fully saturated rings. The highest BCUT2D eigenvalue weighted by atomic mass is 35.5. The quantitative estimate of drug-likeness (QED) is 0.688. The first-order valence-electron chi connectivity index (χ1n) is 6.99.